The Morgan fingerprint density at radius 2 is 2.38 bits per heavy atom. The second-order valence-electron chi connectivity index (χ2n) is 5.26. The van der Waals surface area contributed by atoms with Gasteiger partial charge >= 0.3 is 0 Å². The molecule has 0 amide bonds. The van der Waals surface area contributed by atoms with Crippen LogP contribution in [-0.2, 0) is 7.05 Å². The Labute approximate surface area is 125 Å². The van der Waals surface area contributed by atoms with Crippen molar-refractivity contribution in [1.29, 1.82) is 0 Å². The minimum atomic E-state index is -0.125. The molecule has 4 heterocycles. The van der Waals surface area contributed by atoms with Crippen LogP contribution in [-0.4, -0.2) is 26.3 Å². The molecule has 0 unspecified atom stereocenters. The van der Waals surface area contributed by atoms with E-state index in [1.54, 1.807) is 29.3 Å². The van der Waals surface area contributed by atoms with E-state index in [9.17, 15) is 4.79 Å². The topological polar surface area (TPSA) is 66.8 Å². The molecule has 0 bridgehead atoms. The molecule has 0 aromatic carbocycles. The van der Waals surface area contributed by atoms with Gasteiger partial charge in [-0.05, 0) is 24.3 Å². The fraction of sp³-hybridized carbons (Fsp3) is 0.357. The van der Waals surface area contributed by atoms with Crippen LogP contribution in [0.5, 0.6) is 0 Å². The van der Waals surface area contributed by atoms with Crippen LogP contribution in [0.4, 0.5) is 5.95 Å². The Balaban J connectivity index is 1.82. The summed E-state index contributed by atoms with van der Waals surface area (Å²) >= 11 is 1.75. The number of hydrogen-bond acceptors (Lipinski definition) is 5. The van der Waals surface area contributed by atoms with E-state index in [0.29, 0.717) is 23.0 Å². The van der Waals surface area contributed by atoms with Crippen LogP contribution < -0.4 is 10.5 Å². The van der Waals surface area contributed by atoms with Crippen molar-refractivity contribution in [3.63, 3.8) is 0 Å². The van der Waals surface area contributed by atoms with Crippen LogP contribution in [0.15, 0.2) is 28.5 Å². The number of nitrogens with one attached hydrogen (secondary N) is 1. The van der Waals surface area contributed by atoms with Crippen molar-refractivity contribution < 1.29 is 0 Å². The Bertz CT molecular complexity index is 835. The Morgan fingerprint density at radius 3 is 3.19 bits per heavy atom. The molecule has 1 aliphatic rings. The standard InChI is InChI=1S/C14H15N5OS/c1-18-12-9(8-15-18)13(20)17-14(16-12)19-6-2-4-10(19)11-5-3-7-21-11/h3,5,7-8,10H,2,4,6H2,1H3,(H,16,17,20)/t10-/m1/s1. The molecule has 1 saturated heterocycles. The molecule has 1 fully saturated rings. The number of rotatable bonds is 2. The summed E-state index contributed by atoms with van der Waals surface area (Å²) in [5.41, 5.74) is 0.505. The zero-order valence-corrected chi connectivity index (χ0v) is 12.4. The lowest BCUT2D eigenvalue weighted by atomic mass is 10.2. The van der Waals surface area contributed by atoms with Gasteiger partial charge in [-0.2, -0.15) is 10.1 Å². The fourth-order valence-corrected chi connectivity index (χ4v) is 3.83. The van der Waals surface area contributed by atoms with Crippen molar-refractivity contribution in [3.05, 3.63) is 38.9 Å². The molecule has 1 atom stereocenters. The SMILES string of the molecule is Cn1ncc2c(=O)[nH]c(N3CCC[C@@H]3c3cccs3)nc21. The lowest BCUT2D eigenvalue weighted by Gasteiger charge is -2.24. The molecule has 3 aromatic rings. The maximum absolute atomic E-state index is 12.2. The number of nitrogens with zero attached hydrogens (tertiary/aromatic N) is 4. The van der Waals surface area contributed by atoms with Crippen molar-refractivity contribution >= 4 is 28.3 Å². The van der Waals surface area contributed by atoms with Gasteiger partial charge in [0.2, 0.25) is 5.95 Å². The van der Waals surface area contributed by atoms with Crippen LogP contribution in [0.1, 0.15) is 23.8 Å². The highest BCUT2D eigenvalue weighted by molar-refractivity contribution is 7.10. The predicted molar refractivity (Wildman–Crippen MR) is 82.8 cm³/mol. The summed E-state index contributed by atoms with van der Waals surface area (Å²) in [7, 11) is 1.80. The zero-order chi connectivity index (χ0) is 14.4. The number of anilines is 1. The third kappa shape index (κ3) is 1.96. The van der Waals surface area contributed by atoms with E-state index in [-0.39, 0.29) is 5.56 Å². The van der Waals surface area contributed by atoms with E-state index in [1.807, 2.05) is 0 Å². The first-order valence-corrected chi connectivity index (χ1v) is 7.84. The first-order valence-electron chi connectivity index (χ1n) is 6.96. The first-order chi connectivity index (χ1) is 10.2. The van der Waals surface area contributed by atoms with Gasteiger partial charge in [0.15, 0.2) is 5.65 Å². The highest BCUT2D eigenvalue weighted by Gasteiger charge is 2.29. The van der Waals surface area contributed by atoms with E-state index in [1.165, 1.54) is 4.88 Å². The van der Waals surface area contributed by atoms with Gasteiger partial charge in [-0.3, -0.25) is 14.5 Å². The average molecular weight is 301 g/mol. The molecule has 1 aliphatic heterocycles. The van der Waals surface area contributed by atoms with Gasteiger partial charge < -0.3 is 4.90 Å². The summed E-state index contributed by atoms with van der Waals surface area (Å²) in [5, 5.41) is 6.74. The number of aromatic nitrogens is 4. The number of H-pyrrole nitrogens is 1. The van der Waals surface area contributed by atoms with Gasteiger partial charge in [-0.15, -0.1) is 11.3 Å². The van der Waals surface area contributed by atoms with E-state index in [2.05, 4.69) is 37.5 Å². The van der Waals surface area contributed by atoms with Crippen molar-refractivity contribution in [1.82, 2.24) is 19.7 Å². The molecular formula is C14H15N5OS. The van der Waals surface area contributed by atoms with Gasteiger partial charge in [0.25, 0.3) is 5.56 Å². The minimum absolute atomic E-state index is 0.125. The number of hydrogen-bond donors (Lipinski definition) is 1. The van der Waals surface area contributed by atoms with Crippen molar-refractivity contribution in [3.8, 4) is 0 Å². The van der Waals surface area contributed by atoms with E-state index in [4.69, 9.17) is 0 Å². The number of fused-ring (bicyclic) bond motifs is 1. The molecule has 6 nitrogen and oxygen atoms in total. The molecular weight excluding hydrogens is 286 g/mol. The Hall–Kier alpha value is -2.15. The Morgan fingerprint density at radius 1 is 1.48 bits per heavy atom. The highest BCUT2D eigenvalue weighted by atomic mass is 32.1. The Kier molecular flexibility index (Phi) is 2.81. The summed E-state index contributed by atoms with van der Waals surface area (Å²) in [6.07, 6.45) is 3.76. The van der Waals surface area contributed by atoms with Crippen molar-refractivity contribution in [2.75, 3.05) is 11.4 Å². The van der Waals surface area contributed by atoms with Gasteiger partial charge in [0.1, 0.15) is 5.39 Å². The normalized spacial score (nSPS) is 18.7. The van der Waals surface area contributed by atoms with Gasteiger partial charge in [-0.1, -0.05) is 6.07 Å². The second-order valence-corrected chi connectivity index (χ2v) is 6.24. The number of aryl methyl sites for hydroxylation is 1. The number of aromatic amines is 1. The average Bonchev–Trinajstić information content (AvgIpc) is 3.17. The zero-order valence-electron chi connectivity index (χ0n) is 11.6. The highest BCUT2D eigenvalue weighted by Crippen LogP contribution is 2.36. The quantitative estimate of drug-likeness (QED) is 0.787. The lowest BCUT2D eigenvalue weighted by Crippen LogP contribution is -2.26. The molecule has 1 N–H and O–H groups in total. The maximum atomic E-state index is 12.2. The predicted octanol–water partition coefficient (Wildman–Crippen LogP) is 2.06. The van der Waals surface area contributed by atoms with E-state index < -0.39 is 0 Å². The minimum Gasteiger partial charge on any atom is -0.334 e. The third-order valence-electron chi connectivity index (χ3n) is 3.99. The smallest absolute Gasteiger partial charge is 0.263 e. The molecule has 3 aromatic heterocycles. The summed E-state index contributed by atoms with van der Waals surface area (Å²) in [6, 6.07) is 4.52. The largest absolute Gasteiger partial charge is 0.334 e. The van der Waals surface area contributed by atoms with Crippen LogP contribution >= 0.6 is 11.3 Å². The van der Waals surface area contributed by atoms with Crippen LogP contribution in [0.3, 0.4) is 0 Å². The monoisotopic (exact) mass is 301 g/mol. The molecule has 4 rings (SSSR count). The number of thiophene rings is 1. The molecule has 0 radical (unpaired) electrons. The van der Waals surface area contributed by atoms with Gasteiger partial charge in [-0.25, -0.2) is 0 Å². The third-order valence-corrected chi connectivity index (χ3v) is 4.96. The van der Waals surface area contributed by atoms with Crippen LogP contribution in [0.2, 0.25) is 0 Å². The fourth-order valence-electron chi connectivity index (χ4n) is 2.95. The van der Waals surface area contributed by atoms with Crippen molar-refractivity contribution in [2.45, 2.75) is 18.9 Å². The molecule has 0 aliphatic carbocycles. The van der Waals surface area contributed by atoms with E-state index in [0.717, 1.165) is 19.4 Å². The summed E-state index contributed by atoms with van der Waals surface area (Å²) in [5.74, 6) is 0.645. The summed E-state index contributed by atoms with van der Waals surface area (Å²) < 4.78 is 1.64. The molecule has 7 heteroatoms. The van der Waals surface area contributed by atoms with Crippen molar-refractivity contribution in [2.24, 2.45) is 7.05 Å². The van der Waals surface area contributed by atoms with Gasteiger partial charge in [0, 0.05) is 18.5 Å². The van der Waals surface area contributed by atoms with Crippen LogP contribution in [0, 0.1) is 0 Å². The van der Waals surface area contributed by atoms with Crippen LogP contribution in [0.25, 0.3) is 11.0 Å². The molecule has 21 heavy (non-hydrogen) atoms. The maximum Gasteiger partial charge on any atom is 0.263 e. The summed E-state index contributed by atoms with van der Waals surface area (Å²) in [4.78, 5) is 23.2. The molecule has 0 saturated carbocycles. The first kappa shape index (κ1) is 12.6. The molecule has 108 valence electrons. The second kappa shape index (κ2) is 4.70. The van der Waals surface area contributed by atoms with Gasteiger partial charge in [0.05, 0.1) is 12.2 Å². The molecule has 0 spiro atoms. The van der Waals surface area contributed by atoms with E-state index >= 15 is 0 Å². The lowest BCUT2D eigenvalue weighted by molar-refractivity contribution is 0.711. The summed E-state index contributed by atoms with van der Waals surface area (Å²) in [6.45, 7) is 0.912.